The maximum atomic E-state index is 14.3. The summed E-state index contributed by atoms with van der Waals surface area (Å²) >= 11 is 1.12. The lowest BCUT2D eigenvalue weighted by molar-refractivity contribution is -0.120. The summed E-state index contributed by atoms with van der Waals surface area (Å²) in [6.07, 6.45) is 0.700. The molecule has 0 radical (unpaired) electrons. The van der Waals surface area contributed by atoms with Crippen LogP contribution in [0.3, 0.4) is 0 Å². The summed E-state index contributed by atoms with van der Waals surface area (Å²) in [6, 6.07) is 21.1. The summed E-state index contributed by atoms with van der Waals surface area (Å²) in [6.45, 7) is 2.20. The van der Waals surface area contributed by atoms with Crippen LogP contribution in [-0.2, 0) is 14.3 Å². The highest BCUT2D eigenvalue weighted by Gasteiger charge is 2.40. The number of hydrogen-bond acceptors (Lipinski definition) is 6. The van der Waals surface area contributed by atoms with Gasteiger partial charge in [0.15, 0.2) is 0 Å². The Balaban J connectivity index is 1.66. The predicted octanol–water partition coefficient (Wildman–Crippen LogP) is 5.38. The zero-order chi connectivity index (χ0) is 24.1. The first-order valence-corrected chi connectivity index (χ1v) is 11.5. The summed E-state index contributed by atoms with van der Waals surface area (Å²) in [4.78, 5) is 40.7. The third-order valence-corrected chi connectivity index (χ3v) is 6.03. The monoisotopic (exact) mass is 476 g/mol. The van der Waals surface area contributed by atoms with Crippen LogP contribution in [0.1, 0.15) is 23.7 Å². The first kappa shape index (κ1) is 23.3. The second-order valence-electron chi connectivity index (χ2n) is 7.35. The number of halogens is 1. The van der Waals surface area contributed by atoms with Gasteiger partial charge in [0.05, 0.1) is 23.5 Å². The first-order valence-electron chi connectivity index (χ1n) is 10.6. The number of benzene rings is 3. The second kappa shape index (κ2) is 10.4. The smallest absolute Gasteiger partial charge is 0.338 e. The van der Waals surface area contributed by atoms with Crippen LogP contribution < -0.4 is 10.2 Å². The minimum absolute atomic E-state index is 0.0182. The van der Waals surface area contributed by atoms with E-state index in [-0.39, 0.29) is 16.3 Å². The van der Waals surface area contributed by atoms with Gasteiger partial charge in [0, 0.05) is 4.90 Å². The minimum atomic E-state index is -0.618. The molecule has 6 nitrogen and oxygen atoms in total. The molecular formula is C26H21FN2O4S. The molecule has 172 valence electrons. The van der Waals surface area contributed by atoms with Gasteiger partial charge >= 0.3 is 5.97 Å². The molecule has 1 aliphatic rings. The van der Waals surface area contributed by atoms with E-state index in [2.05, 4.69) is 5.32 Å². The van der Waals surface area contributed by atoms with E-state index in [1.807, 2.05) is 37.3 Å². The molecule has 3 aromatic carbocycles. The van der Waals surface area contributed by atoms with Crippen LogP contribution in [0.15, 0.2) is 94.4 Å². The Hall–Kier alpha value is -3.91. The first-order chi connectivity index (χ1) is 16.5. The zero-order valence-corrected chi connectivity index (χ0v) is 19.1. The van der Waals surface area contributed by atoms with Crippen molar-refractivity contribution >= 4 is 40.9 Å². The van der Waals surface area contributed by atoms with Crippen molar-refractivity contribution in [3.63, 3.8) is 0 Å². The van der Waals surface area contributed by atoms with Crippen LogP contribution in [0.4, 0.5) is 15.8 Å². The number of para-hydroxylation sites is 1. The fourth-order valence-corrected chi connectivity index (χ4v) is 4.23. The molecule has 0 fully saturated rings. The molecular weight excluding hydrogens is 455 g/mol. The number of rotatable bonds is 8. The summed E-state index contributed by atoms with van der Waals surface area (Å²) in [5.41, 5.74) is 0.669. The average molecular weight is 477 g/mol. The highest BCUT2D eigenvalue weighted by atomic mass is 32.2. The molecule has 0 aliphatic carbocycles. The average Bonchev–Trinajstić information content (AvgIpc) is 3.08. The maximum absolute atomic E-state index is 14.3. The standard InChI is InChI=1S/C26H21FN2O4S/c1-2-16-33-26(32)17-12-14-18(15-13-17)29-24(30)22(28-21-11-7-6-10-20(21)27)23(25(29)31)34-19-8-4-3-5-9-19/h3-15,28H,2,16H2,1H3. The van der Waals surface area contributed by atoms with Crippen molar-refractivity contribution in [3.8, 4) is 0 Å². The molecule has 3 aromatic rings. The van der Waals surface area contributed by atoms with E-state index in [1.54, 1.807) is 6.07 Å². The topological polar surface area (TPSA) is 75.7 Å². The number of imide groups is 1. The normalized spacial score (nSPS) is 13.4. The SMILES string of the molecule is CCCOC(=O)c1ccc(N2C(=O)C(Nc3ccccc3F)=C(Sc3ccccc3)C2=O)cc1. The van der Waals surface area contributed by atoms with Crippen molar-refractivity contribution in [1.82, 2.24) is 0 Å². The molecule has 0 aromatic heterocycles. The molecule has 0 atom stereocenters. The number of esters is 1. The lowest BCUT2D eigenvalue weighted by atomic mass is 10.2. The highest BCUT2D eigenvalue weighted by Crippen LogP contribution is 2.38. The van der Waals surface area contributed by atoms with E-state index in [0.29, 0.717) is 24.3 Å². The Morgan fingerprint density at radius 3 is 2.29 bits per heavy atom. The lowest BCUT2D eigenvalue weighted by Crippen LogP contribution is -2.32. The molecule has 34 heavy (non-hydrogen) atoms. The molecule has 4 rings (SSSR count). The van der Waals surface area contributed by atoms with Crippen LogP contribution in [0, 0.1) is 5.82 Å². The summed E-state index contributed by atoms with van der Waals surface area (Å²) in [5.74, 6) is -2.19. The van der Waals surface area contributed by atoms with Gasteiger partial charge in [0.1, 0.15) is 16.4 Å². The molecule has 0 saturated heterocycles. The molecule has 0 bridgehead atoms. The van der Waals surface area contributed by atoms with Gasteiger partial charge in [-0.25, -0.2) is 14.1 Å². The van der Waals surface area contributed by atoms with Crippen molar-refractivity contribution in [1.29, 1.82) is 0 Å². The maximum Gasteiger partial charge on any atom is 0.338 e. The number of amides is 2. The van der Waals surface area contributed by atoms with Gasteiger partial charge in [-0.05, 0) is 55.0 Å². The van der Waals surface area contributed by atoms with Crippen molar-refractivity contribution in [2.45, 2.75) is 18.2 Å². The quantitative estimate of drug-likeness (QED) is 0.347. The van der Waals surface area contributed by atoms with Gasteiger partial charge in [-0.1, -0.05) is 49.0 Å². The fourth-order valence-electron chi connectivity index (χ4n) is 3.28. The van der Waals surface area contributed by atoms with Crippen LogP contribution in [-0.4, -0.2) is 24.4 Å². The Labute approximate surface area is 200 Å². The van der Waals surface area contributed by atoms with Gasteiger partial charge < -0.3 is 10.1 Å². The number of nitrogens with one attached hydrogen (secondary N) is 1. The van der Waals surface area contributed by atoms with E-state index in [1.165, 1.54) is 42.5 Å². The number of anilines is 2. The molecule has 8 heteroatoms. The second-order valence-corrected chi connectivity index (χ2v) is 8.44. The predicted molar refractivity (Wildman–Crippen MR) is 129 cm³/mol. The lowest BCUT2D eigenvalue weighted by Gasteiger charge is -2.16. The zero-order valence-electron chi connectivity index (χ0n) is 18.3. The van der Waals surface area contributed by atoms with Crippen molar-refractivity contribution < 1.29 is 23.5 Å². The Bertz CT molecular complexity index is 1260. The fraction of sp³-hybridized carbons (Fsp3) is 0.115. The number of hydrogen-bond donors (Lipinski definition) is 1. The van der Waals surface area contributed by atoms with E-state index in [9.17, 15) is 18.8 Å². The van der Waals surface area contributed by atoms with Crippen LogP contribution in [0.2, 0.25) is 0 Å². The molecule has 1 N–H and O–H groups in total. The van der Waals surface area contributed by atoms with Crippen molar-refractivity contribution in [2.24, 2.45) is 0 Å². The molecule has 1 aliphatic heterocycles. The Morgan fingerprint density at radius 1 is 0.941 bits per heavy atom. The number of thioether (sulfide) groups is 1. The van der Waals surface area contributed by atoms with Gasteiger partial charge in [-0.2, -0.15) is 0 Å². The number of nitrogens with zero attached hydrogens (tertiary/aromatic N) is 1. The molecule has 0 saturated carbocycles. The Kier molecular flexibility index (Phi) is 7.08. The molecule has 1 heterocycles. The van der Waals surface area contributed by atoms with Crippen molar-refractivity contribution in [3.05, 3.63) is 101 Å². The van der Waals surface area contributed by atoms with Gasteiger partial charge in [-0.3, -0.25) is 9.59 Å². The summed E-state index contributed by atoms with van der Waals surface area (Å²) in [7, 11) is 0. The van der Waals surface area contributed by atoms with Crippen LogP contribution >= 0.6 is 11.8 Å². The van der Waals surface area contributed by atoms with E-state index in [4.69, 9.17) is 4.74 Å². The summed E-state index contributed by atoms with van der Waals surface area (Å²) < 4.78 is 19.4. The third-order valence-electron chi connectivity index (χ3n) is 4.94. The van der Waals surface area contributed by atoms with E-state index in [0.717, 1.165) is 21.6 Å². The van der Waals surface area contributed by atoms with Crippen molar-refractivity contribution in [2.75, 3.05) is 16.8 Å². The summed E-state index contributed by atoms with van der Waals surface area (Å²) in [5, 5.41) is 2.81. The third kappa shape index (κ3) is 4.87. The number of carbonyl (C=O) groups is 3. The largest absolute Gasteiger partial charge is 0.462 e. The van der Waals surface area contributed by atoms with E-state index < -0.39 is 23.6 Å². The van der Waals surface area contributed by atoms with Crippen LogP contribution in [0.5, 0.6) is 0 Å². The molecule has 0 spiro atoms. The van der Waals surface area contributed by atoms with Crippen LogP contribution in [0.25, 0.3) is 0 Å². The van der Waals surface area contributed by atoms with E-state index >= 15 is 0 Å². The Morgan fingerprint density at radius 2 is 1.62 bits per heavy atom. The highest BCUT2D eigenvalue weighted by molar-refractivity contribution is 8.04. The number of ether oxygens (including phenoxy) is 1. The molecule has 2 amide bonds. The van der Waals surface area contributed by atoms with Gasteiger partial charge in [0.2, 0.25) is 0 Å². The molecule has 0 unspecified atom stereocenters. The van der Waals surface area contributed by atoms with Gasteiger partial charge in [0.25, 0.3) is 11.8 Å². The number of carbonyl (C=O) groups excluding carboxylic acids is 3. The minimum Gasteiger partial charge on any atom is -0.462 e. The van der Waals surface area contributed by atoms with Gasteiger partial charge in [-0.15, -0.1) is 0 Å².